The van der Waals surface area contributed by atoms with Crippen molar-refractivity contribution < 1.29 is 31.1 Å². The quantitative estimate of drug-likeness (QED) is 0.354. The lowest BCUT2D eigenvalue weighted by Crippen LogP contribution is -2.35. The van der Waals surface area contributed by atoms with Crippen LogP contribution in [-0.2, 0) is 4.79 Å². The van der Waals surface area contributed by atoms with Gasteiger partial charge in [0.15, 0.2) is 5.11 Å². The Balaban J connectivity index is 4.92. The summed E-state index contributed by atoms with van der Waals surface area (Å²) in [7, 11) is 0. The van der Waals surface area contributed by atoms with E-state index in [0.29, 0.717) is 0 Å². The molecule has 0 aliphatic heterocycles. The van der Waals surface area contributed by atoms with Gasteiger partial charge < -0.3 is 5.73 Å². The zero-order valence-corrected chi connectivity index (χ0v) is 8.63. The highest BCUT2D eigenvalue weighted by Gasteiger charge is 2.44. The van der Waals surface area contributed by atoms with E-state index in [1.165, 1.54) is 5.43 Å². The van der Waals surface area contributed by atoms with Crippen LogP contribution in [0.15, 0.2) is 5.10 Å². The van der Waals surface area contributed by atoms with E-state index in [4.69, 9.17) is 5.73 Å². The number of thiocarbonyl (C=S) groups is 1. The van der Waals surface area contributed by atoms with E-state index >= 15 is 0 Å². The van der Waals surface area contributed by atoms with Crippen molar-refractivity contribution in [1.82, 2.24) is 5.43 Å². The van der Waals surface area contributed by atoms with E-state index in [1.807, 2.05) is 0 Å². The van der Waals surface area contributed by atoms with Crippen LogP contribution in [0.4, 0.5) is 26.3 Å². The Kier molecular flexibility index (Phi) is 4.86. The summed E-state index contributed by atoms with van der Waals surface area (Å²) in [5, 5.41) is 1.83. The van der Waals surface area contributed by atoms with Gasteiger partial charge in [0.25, 0.3) is 0 Å². The zero-order valence-electron chi connectivity index (χ0n) is 7.82. The van der Waals surface area contributed by atoms with Crippen molar-refractivity contribution in [3.8, 4) is 0 Å². The van der Waals surface area contributed by atoms with E-state index in [0.717, 1.165) is 0 Å². The number of rotatable bonds is 3. The molecule has 0 atom stereocenters. The first-order chi connectivity index (χ1) is 7.44. The topological polar surface area (TPSA) is 67.5 Å². The monoisotopic (exact) mass is 281 g/mol. The number of halogens is 6. The van der Waals surface area contributed by atoms with Crippen molar-refractivity contribution in [2.45, 2.75) is 18.8 Å². The second-order valence-corrected chi connectivity index (χ2v) is 3.07. The van der Waals surface area contributed by atoms with Crippen molar-refractivity contribution in [1.29, 1.82) is 0 Å². The Morgan fingerprint density at radius 1 is 1.18 bits per heavy atom. The molecule has 0 aliphatic carbocycles. The van der Waals surface area contributed by atoms with Crippen molar-refractivity contribution in [2.75, 3.05) is 0 Å². The maximum absolute atomic E-state index is 12.1. The van der Waals surface area contributed by atoms with Gasteiger partial charge in [-0.3, -0.25) is 10.2 Å². The van der Waals surface area contributed by atoms with Crippen LogP contribution in [0.2, 0.25) is 0 Å². The molecule has 0 saturated carbocycles. The number of carbonyl (C=O) groups is 1. The zero-order chi connectivity index (χ0) is 13.9. The molecule has 0 fully saturated rings. The number of hydrogen-bond donors (Lipinski definition) is 2. The summed E-state index contributed by atoms with van der Waals surface area (Å²) in [4.78, 5) is 10.4. The third-order valence-corrected chi connectivity index (χ3v) is 1.36. The molecular formula is C6H5F6N3OS. The molecule has 0 radical (unpaired) electrons. The van der Waals surface area contributed by atoms with Crippen molar-refractivity contribution >= 4 is 28.8 Å². The Morgan fingerprint density at radius 2 is 1.65 bits per heavy atom. The molecule has 17 heavy (non-hydrogen) atoms. The molecule has 0 amide bonds. The molecule has 98 valence electrons. The number of alkyl halides is 6. The van der Waals surface area contributed by atoms with Crippen molar-refractivity contribution in [2.24, 2.45) is 10.8 Å². The predicted octanol–water partition coefficient (Wildman–Crippen LogP) is 1.26. The van der Waals surface area contributed by atoms with E-state index in [-0.39, 0.29) is 0 Å². The van der Waals surface area contributed by atoms with Crippen LogP contribution in [0.25, 0.3) is 0 Å². The molecule has 0 aromatic carbocycles. The van der Waals surface area contributed by atoms with E-state index in [1.54, 1.807) is 0 Å². The van der Waals surface area contributed by atoms with Crippen LogP contribution < -0.4 is 11.2 Å². The average molecular weight is 281 g/mol. The highest BCUT2D eigenvalue weighted by molar-refractivity contribution is 7.80. The lowest BCUT2D eigenvalue weighted by Gasteiger charge is -2.11. The van der Waals surface area contributed by atoms with Gasteiger partial charge in [0.05, 0.1) is 6.42 Å². The van der Waals surface area contributed by atoms with Gasteiger partial charge in [-0.2, -0.15) is 31.4 Å². The summed E-state index contributed by atoms with van der Waals surface area (Å²) >= 11 is 4.11. The van der Waals surface area contributed by atoms with Gasteiger partial charge in [-0.25, -0.2) is 0 Å². The summed E-state index contributed by atoms with van der Waals surface area (Å²) in [5.41, 5.74) is 4.24. The fraction of sp³-hybridized carbons (Fsp3) is 0.500. The number of carbonyl (C=O) groups excluding carboxylic acids is 1. The van der Waals surface area contributed by atoms with Crippen LogP contribution in [-0.4, -0.2) is 29.0 Å². The average Bonchev–Trinajstić information content (AvgIpc) is 2.07. The molecule has 0 aromatic heterocycles. The number of hydrazone groups is 1. The number of nitrogens with two attached hydrogens (primary N) is 1. The Bertz CT molecular complexity index is 347. The summed E-state index contributed by atoms with van der Waals surface area (Å²) in [6.45, 7) is 0. The summed E-state index contributed by atoms with van der Waals surface area (Å²) < 4.78 is 71.7. The first-order valence-corrected chi connectivity index (χ1v) is 4.14. The van der Waals surface area contributed by atoms with Crippen LogP contribution in [0.5, 0.6) is 0 Å². The standard InChI is InChI=1S/C6H5F6N3OS/c7-5(8,9)2(14-15-4(13)17)1-3(16)6(10,11)12/h1H2,(H3,13,15,17)/b14-2-. The smallest absolute Gasteiger partial charge is 0.375 e. The highest BCUT2D eigenvalue weighted by Crippen LogP contribution is 2.24. The summed E-state index contributed by atoms with van der Waals surface area (Å²) in [5.74, 6) is -2.57. The Labute approximate surface area is 95.8 Å². The maximum atomic E-state index is 12.1. The van der Waals surface area contributed by atoms with Gasteiger partial charge in [-0.15, -0.1) is 0 Å². The number of Topliss-reactive ketones (excluding diaryl/α,β-unsaturated/α-hetero) is 1. The van der Waals surface area contributed by atoms with Gasteiger partial charge in [0.2, 0.25) is 5.78 Å². The normalized spacial score (nSPS) is 13.4. The molecule has 0 unspecified atom stereocenters. The second kappa shape index (κ2) is 5.29. The van der Waals surface area contributed by atoms with Crippen molar-refractivity contribution in [3.05, 3.63) is 0 Å². The summed E-state index contributed by atoms with van der Waals surface area (Å²) in [6.07, 6.45) is -12.5. The van der Waals surface area contributed by atoms with Crippen LogP contribution in [0.1, 0.15) is 6.42 Å². The van der Waals surface area contributed by atoms with E-state index in [9.17, 15) is 31.1 Å². The molecule has 11 heteroatoms. The minimum absolute atomic E-state index is 0.675. The fourth-order valence-electron chi connectivity index (χ4n) is 0.578. The molecule has 0 aromatic rings. The number of nitrogens with zero attached hydrogens (tertiary/aromatic N) is 1. The maximum Gasteiger partial charge on any atom is 0.450 e. The minimum Gasteiger partial charge on any atom is -0.375 e. The SMILES string of the molecule is NC(=S)N/N=C(/CC(=O)C(F)(F)F)C(F)(F)F. The Morgan fingerprint density at radius 3 is 1.94 bits per heavy atom. The van der Waals surface area contributed by atoms with Crippen LogP contribution in [0.3, 0.4) is 0 Å². The van der Waals surface area contributed by atoms with Crippen LogP contribution in [0, 0.1) is 0 Å². The number of hydrogen-bond acceptors (Lipinski definition) is 3. The lowest BCUT2D eigenvalue weighted by atomic mass is 10.2. The van der Waals surface area contributed by atoms with Gasteiger partial charge in [0, 0.05) is 0 Å². The van der Waals surface area contributed by atoms with Gasteiger partial charge >= 0.3 is 12.4 Å². The Hall–Kier alpha value is -1.39. The van der Waals surface area contributed by atoms with E-state index in [2.05, 4.69) is 17.3 Å². The third-order valence-electron chi connectivity index (χ3n) is 1.27. The highest BCUT2D eigenvalue weighted by atomic mass is 32.1. The first kappa shape index (κ1) is 15.6. The second-order valence-electron chi connectivity index (χ2n) is 2.63. The number of ketones is 1. The van der Waals surface area contributed by atoms with Crippen molar-refractivity contribution in [3.63, 3.8) is 0 Å². The van der Waals surface area contributed by atoms with Gasteiger partial charge in [0.1, 0.15) is 5.71 Å². The van der Waals surface area contributed by atoms with Crippen LogP contribution >= 0.6 is 12.2 Å². The minimum atomic E-state index is -5.37. The first-order valence-electron chi connectivity index (χ1n) is 3.74. The lowest BCUT2D eigenvalue weighted by molar-refractivity contribution is -0.170. The number of nitrogens with one attached hydrogen (secondary N) is 1. The molecule has 0 heterocycles. The molecule has 0 aliphatic rings. The summed E-state index contributed by atoms with van der Waals surface area (Å²) in [6, 6.07) is 0. The van der Waals surface area contributed by atoms with Gasteiger partial charge in [-0.05, 0) is 12.2 Å². The molecule has 0 saturated heterocycles. The predicted molar refractivity (Wildman–Crippen MR) is 49.1 cm³/mol. The molecule has 0 bridgehead atoms. The third kappa shape index (κ3) is 6.04. The molecular weight excluding hydrogens is 276 g/mol. The fourth-order valence-corrected chi connectivity index (χ4v) is 0.624. The van der Waals surface area contributed by atoms with Gasteiger partial charge in [-0.1, -0.05) is 0 Å². The largest absolute Gasteiger partial charge is 0.450 e. The molecule has 4 nitrogen and oxygen atoms in total. The van der Waals surface area contributed by atoms with E-state index < -0.39 is 35.4 Å². The molecule has 0 rings (SSSR count). The molecule has 3 N–H and O–H groups in total. The molecule has 0 spiro atoms.